The Hall–Kier alpha value is -1.25. The third kappa shape index (κ3) is 4.18. The van der Waals surface area contributed by atoms with E-state index in [2.05, 4.69) is 0 Å². The van der Waals surface area contributed by atoms with Crippen LogP contribution in [0.25, 0.3) is 0 Å². The quantitative estimate of drug-likeness (QED) is 0.756. The lowest BCUT2D eigenvalue weighted by Crippen LogP contribution is -2.40. The predicted octanol–water partition coefficient (Wildman–Crippen LogP) is 3.25. The van der Waals surface area contributed by atoms with Gasteiger partial charge in [-0.1, -0.05) is 35.9 Å². The third-order valence-electron chi connectivity index (χ3n) is 4.52. The normalized spacial score (nSPS) is 18.3. The predicted molar refractivity (Wildman–Crippen MR) is 102 cm³/mol. The summed E-state index contributed by atoms with van der Waals surface area (Å²) in [6, 6.07) is 9.87. The molecule has 0 saturated carbocycles. The van der Waals surface area contributed by atoms with Crippen LogP contribution in [0.3, 0.4) is 0 Å². The molecule has 0 unspecified atom stereocenters. The highest BCUT2D eigenvalue weighted by molar-refractivity contribution is 7.91. The van der Waals surface area contributed by atoms with Crippen molar-refractivity contribution in [3.8, 4) is 0 Å². The fraction of sp³-hybridized carbons (Fsp3) is 0.389. The van der Waals surface area contributed by atoms with E-state index >= 15 is 0 Å². The summed E-state index contributed by atoms with van der Waals surface area (Å²) in [4.78, 5) is 12.7. The second-order valence-electron chi connectivity index (χ2n) is 6.28. The number of aliphatic hydroxyl groups is 1. The van der Waals surface area contributed by atoms with Gasteiger partial charge in [-0.25, -0.2) is 8.42 Å². The molecule has 0 spiro atoms. The minimum absolute atomic E-state index is 0.0419. The zero-order valence-corrected chi connectivity index (χ0v) is 16.5. The number of sulfonamides is 1. The smallest absolute Gasteiger partial charge is 0.253 e. The van der Waals surface area contributed by atoms with Crippen LogP contribution < -0.4 is 0 Å². The molecule has 0 aliphatic carbocycles. The van der Waals surface area contributed by atoms with Crippen LogP contribution in [-0.2, 0) is 27.8 Å². The Morgan fingerprint density at radius 3 is 2.73 bits per heavy atom. The van der Waals surface area contributed by atoms with Crippen LogP contribution >= 0.6 is 22.9 Å². The number of nitrogens with zero attached hydrogens (tertiary/aromatic N) is 1. The van der Waals surface area contributed by atoms with Gasteiger partial charge in [0.15, 0.2) is 5.78 Å². The van der Waals surface area contributed by atoms with E-state index in [9.17, 15) is 18.3 Å². The highest BCUT2D eigenvalue weighted by atomic mass is 35.5. The SMILES string of the molecule is O=C(CCc1cccc(CO)c1)[C@@H]1CCCN1S(=O)(=O)c1ccc(Cl)s1. The van der Waals surface area contributed by atoms with Gasteiger partial charge < -0.3 is 5.11 Å². The maximum absolute atomic E-state index is 12.8. The number of aryl methyl sites for hydroxylation is 1. The van der Waals surface area contributed by atoms with E-state index in [0.717, 1.165) is 22.5 Å². The minimum Gasteiger partial charge on any atom is -0.392 e. The number of benzene rings is 1. The van der Waals surface area contributed by atoms with Gasteiger partial charge in [0.2, 0.25) is 0 Å². The zero-order valence-electron chi connectivity index (χ0n) is 14.1. The Kier molecular flexibility index (Phi) is 6.14. The monoisotopic (exact) mass is 413 g/mol. The molecule has 1 N–H and O–H groups in total. The number of rotatable bonds is 7. The van der Waals surface area contributed by atoms with Gasteiger partial charge in [-0.2, -0.15) is 4.31 Å². The molecule has 2 heterocycles. The van der Waals surface area contributed by atoms with Crippen LogP contribution in [0.5, 0.6) is 0 Å². The largest absolute Gasteiger partial charge is 0.392 e. The minimum atomic E-state index is -3.69. The van der Waals surface area contributed by atoms with E-state index in [0.29, 0.717) is 30.1 Å². The number of carbonyl (C=O) groups is 1. The van der Waals surface area contributed by atoms with Gasteiger partial charge in [0.05, 0.1) is 17.0 Å². The van der Waals surface area contributed by atoms with Crippen molar-refractivity contribution < 1.29 is 18.3 Å². The number of ketones is 1. The molecule has 8 heteroatoms. The second kappa shape index (κ2) is 8.19. The van der Waals surface area contributed by atoms with Crippen molar-refractivity contribution >= 4 is 38.7 Å². The highest BCUT2D eigenvalue weighted by Gasteiger charge is 2.39. The summed E-state index contributed by atoms with van der Waals surface area (Å²) in [7, 11) is -3.69. The summed E-state index contributed by atoms with van der Waals surface area (Å²) in [5.74, 6) is -0.0665. The summed E-state index contributed by atoms with van der Waals surface area (Å²) in [5, 5.41) is 9.20. The van der Waals surface area contributed by atoms with Crippen LogP contribution in [0.1, 0.15) is 30.4 Å². The van der Waals surface area contributed by atoms with E-state index in [1.807, 2.05) is 24.3 Å². The summed E-state index contributed by atoms with van der Waals surface area (Å²) < 4.78 is 27.5. The Bertz CT molecular complexity index is 894. The first-order valence-electron chi connectivity index (χ1n) is 8.40. The fourth-order valence-electron chi connectivity index (χ4n) is 3.22. The summed E-state index contributed by atoms with van der Waals surface area (Å²) in [5.41, 5.74) is 1.76. The van der Waals surface area contributed by atoms with Gasteiger partial charge in [0.1, 0.15) is 4.21 Å². The lowest BCUT2D eigenvalue weighted by molar-refractivity contribution is -0.122. The van der Waals surface area contributed by atoms with Crippen molar-refractivity contribution in [3.63, 3.8) is 0 Å². The van der Waals surface area contributed by atoms with E-state index in [1.54, 1.807) is 6.07 Å². The van der Waals surface area contributed by atoms with Crippen molar-refractivity contribution in [2.24, 2.45) is 0 Å². The van der Waals surface area contributed by atoms with Crippen LogP contribution in [0.15, 0.2) is 40.6 Å². The van der Waals surface area contributed by atoms with E-state index in [-0.39, 0.29) is 23.0 Å². The molecule has 26 heavy (non-hydrogen) atoms. The number of Topliss-reactive ketones (excluding diaryl/α,β-unsaturated/α-hetero) is 1. The highest BCUT2D eigenvalue weighted by Crippen LogP contribution is 2.32. The second-order valence-corrected chi connectivity index (χ2v) is 10.1. The Morgan fingerprint density at radius 1 is 1.27 bits per heavy atom. The van der Waals surface area contributed by atoms with Crippen molar-refractivity contribution in [2.45, 2.75) is 42.5 Å². The number of hydrogen-bond acceptors (Lipinski definition) is 5. The molecule has 5 nitrogen and oxygen atoms in total. The van der Waals surface area contributed by atoms with Gasteiger partial charge in [-0.3, -0.25) is 4.79 Å². The molecule has 1 fully saturated rings. The topological polar surface area (TPSA) is 74.7 Å². The molecule has 1 aliphatic heterocycles. The van der Waals surface area contributed by atoms with Gasteiger partial charge in [0, 0.05) is 13.0 Å². The van der Waals surface area contributed by atoms with Crippen LogP contribution in [0.2, 0.25) is 4.34 Å². The molecule has 1 aromatic heterocycles. The van der Waals surface area contributed by atoms with Gasteiger partial charge in [-0.05, 0) is 42.5 Å². The fourth-order valence-corrected chi connectivity index (χ4v) is 6.51. The Balaban J connectivity index is 1.70. The molecule has 0 amide bonds. The Morgan fingerprint density at radius 2 is 2.04 bits per heavy atom. The van der Waals surface area contributed by atoms with Gasteiger partial charge in [-0.15, -0.1) is 11.3 Å². The first-order valence-corrected chi connectivity index (χ1v) is 11.0. The van der Waals surface area contributed by atoms with Crippen molar-refractivity contribution in [1.82, 2.24) is 4.31 Å². The van der Waals surface area contributed by atoms with Crippen LogP contribution in [0.4, 0.5) is 0 Å². The summed E-state index contributed by atoms with van der Waals surface area (Å²) in [6.45, 7) is 0.314. The van der Waals surface area contributed by atoms with Crippen LogP contribution in [0, 0.1) is 0 Å². The molecule has 1 saturated heterocycles. The van der Waals surface area contributed by atoms with E-state index < -0.39 is 16.1 Å². The molecule has 0 bridgehead atoms. The average molecular weight is 414 g/mol. The number of halogens is 1. The van der Waals surface area contributed by atoms with Gasteiger partial charge in [0.25, 0.3) is 10.0 Å². The molecule has 140 valence electrons. The molecule has 0 radical (unpaired) electrons. The summed E-state index contributed by atoms with van der Waals surface area (Å²) in [6.07, 6.45) is 2.03. The van der Waals surface area contributed by atoms with Crippen molar-refractivity contribution in [3.05, 3.63) is 51.9 Å². The maximum Gasteiger partial charge on any atom is 0.253 e. The molecule has 2 aromatic rings. The molecular weight excluding hydrogens is 394 g/mol. The zero-order chi connectivity index (χ0) is 18.7. The van der Waals surface area contributed by atoms with Crippen molar-refractivity contribution in [2.75, 3.05) is 6.54 Å². The number of thiophene rings is 1. The van der Waals surface area contributed by atoms with Crippen molar-refractivity contribution in [1.29, 1.82) is 0 Å². The third-order valence-corrected chi connectivity index (χ3v) is 8.13. The standard InChI is InChI=1S/C18H20ClNO4S2/c19-17-8-9-18(25-17)26(23,24)20-10-2-5-15(20)16(22)7-6-13-3-1-4-14(11-13)12-21/h1,3-4,8-9,11,15,21H,2,5-7,10,12H2/t15-/m0/s1. The number of carbonyl (C=O) groups excluding carboxylic acids is 1. The first-order chi connectivity index (χ1) is 12.4. The van der Waals surface area contributed by atoms with E-state index in [1.165, 1.54) is 10.4 Å². The lowest BCUT2D eigenvalue weighted by Gasteiger charge is -2.22. The first kappa shape index (κ1) is 19.5. The van der Waals surface area contributed by atoms with Crippen LogP contribution in [-0.4, -0.2) is 36.2 Å². The number of hydrogen-bond donors (Lipinski definition) is 1. The molecule has 1 atom stereocenters. The average Bonchev–Trinajstić information content (AvgIpc) is 3.29. The van der Waals surface area contributed by atoms with E-state index in [4.69, 9.17) is 11.6 Å². The lowest BCUT2D eigenvalue weighted by atomic mass is 10.0. The summed E-state index contributed by atoms with van der Waals surface area (Å²) >= 11 is 6.88. The Labute approximate surface area is 162 Å². The van der Waals surface area contributed by atoms with Gasteiger partial charge >= 0.3 is 0 Å². The molecule has 1 aromatic carbocycles. The molecular formula is C18H20ClNO4S2. The number of aliphatic hydroxyl groups excluding tert-OH is 1. The maximum atomic E-state index is 12.8. The molecule has 3 rings (SSSR count). The molecule has 1 aliphatic rings.